The maximum Gasteiger partial charge on any atom is 0.236 e. The van der Waals surface area contributed by atoms with Gasteiger partial charge >= 0.3 is 0 Å². The van der Waals surface area contributed by atoms with Crippen molar-refractivity contribution in [2.24, 2.45) is 0 Å². The highest BCUT2D eigenvalue weighted by Gasteiger charge is 2.12. The van der Waals surface area contributed by atoms with Crippen molar-refractivity contribution in [3.63, 3.8) is 0 Å². The number of hydrogen-bond acceptors (Lipinski definition) is 4. The van der Waals surface area contributed by atoms with Crippen LogP contribution >= 0.6 is 23.1 Å². The van der Waals surface area contributed by atoms with E-state index in [1.165, 1.54) is 46.6 Å². The van der Waals surface area contributed by atoms with Crippen molar-refractivity contribution in [1.29, 1.82) is 0 Å². The van der Waals surface area contributed by atoms with Crippen LogP contribution in [0.3, 0.4) is 0 Å². The number of fused-ring (bicyclic) bond motifs is 1. The number of nitrogens with one attached hydrogen (secondary N) is 1. The van der Waals surface area contributed by atoms with E-state index >= 15 is 0 Å². The lowest BCUT2D eigenvalue weighted by Gasteiger charge is -2.05. The molecule has 3 nitrogen and oxygen atoms in total. The molecule has 1 aliphatic carbocycles. The van der Waals surface area contributed by atoms with Gasteiger partial charge in [0, 0.05) is 10.3 Å². The van der Waals surface area contributed by atoms with Gasteiger partial charge in [-0.15, -0.1) is 23.1 Å². The lowest BCUT2D eigenvalue weighted by molar-refractivity contribution is -0.113. The fourth-order valence-corrected chi connectivity index (χ4v) is 3.82. The number of benzene rings is 1. The average molecular weight is 304 g/mol. The summed E-state index contributed by atoms with van der Waals surface area (Å²) in [7, 11) is 0. The van der Waals surface area contributed by atoms with Gasteiger partial charge < -0.3 is 5.32 Å². The van der Waals surface area contributed by atoms with Crippen molar-refractivity contribution in [1.82, 2.24) is 4.98 Å². The zero-order valence-electron chi connectivity index (χ0n) is 11.3. The first-order valence-electron chi connectivity index (χ1n) is 6.67. The first-order chi connectivity index (χ1) is 9.70. The van der Waals surface area contributed by atoms with Crippen LogP contribution in [0, 0.1) is 6.92 Å². The number of aryl methyl sites for hydroxylation is 3. The molecule has 0 radical (unpaired) electrons. The van der Waals surface area contributed by atoms with E-state index in [0.29, 0.717) is 10.9 Å². The molecule has 1 aliphatic rings. The molecular formula is C15H16N2OS2. The topological polar surface area (TPSA) is 42.0 Å². The van der Waals surface area contributed by atoms with Crippen LogP contribution in [0.5, 0.6) is 0 Å². The number of aromatic nitrogens is 1. The molecule has 0 unspecified atom stereocenters. The Balaban J connectivity index is 1.55. The lowest BCUT2D eigenvalue weighted by Crippen LogP contribution is -2.13. The lowest BCUT2D eigenvalue weighted by atomic mass is 10.1. The van der Waals surface area contributed by atoms with Crippen molar-refractivity contribution >= 4 is 34.1 Å². The summed E-state index contributed by atoms with van der Waals surface area (Å²) in [5.41, 5.74) is 3.86. The van der Waals surface area contributed by atoms with Gasteiger partial charge in [0.1, 0.15) is 0 Å². The number of anilines is 1. The number of thiazole rings is 1. The number of carbonyl (C=O) groups is 1. The van der Waals surface area contributed by atoms with Gasteiger partial charge in [0.25, 0.3) is 0 Å². The van der Waals surface area contributed by atoms with E-state index < -0.39 is 0 Å². The van der Waals surface area contributed by atoms with Crippen molar-refractivity contribution in [3.05, 3.63) is 40.4 Å². The molecule has 0 fully saturated rings. The molecule has 0 saturated carbocycles. The van der Waals surface area contributed by atoms with Gasteiger partial charge in [-0.1, -0.05) is 6.07 Å². The second-order valence-corrected chi connectivity index (χ2v) is 6.82. The minimum atomic E-state index is 0.00449. The van der Waals surface area contributed by atoms with Gasteiger partial charge in [-0.3, -0.25) is 4.79 Å². The van der Waals surface area contributed by atoms with E-state index in [1.54, 1.807) is 11.8 Å². The quantitative estimate of drug-likeness (QED) is 0.876. The first kappa shape index (κ1) is 13.6. The van der Waals surface area contributed by atoms with E-state index in [2.05, 4.69) is 28.5 Å². The van der Waals surface area contributed by atoms with Gasteiger partial charge in [-0.05, 0) is 49.4 Å². The highest BCUT2D eigenvalue weighted by atomic mass is 32.2. The second kappa shape index (κ2) is 5.97. The van der Waals surface area contributed by atoms with Crippen LogP contribution in [-0.2, 0) is 17.6 Å². The highest BCUT2D eigenvalue weighted by molar-refractivity contribution is 8.00. The maximum atomic E-state index is 11.9. The summed E-state index contributed by atoms with van der Waals surface area (Å²) in [6.07, 6.45) is 3.63. The zero-order chi connectivity index (χ0) is 13.9. The molecular weight excluding hydrogens is 288 g/mol. The molecule has 5 heteroatoms. The number of hydrogen-bond donors (Lipinski definition) is 1. The summed E-state index contributed by atoms with van der Waals surface area (Å²) in [6, 6.07) is 6.55. The first-order valence-corrected chi connectivity index (χ1v) is 8.54. The fraction of sp³-hybridized carbons (Fsp3) is 0.333. The molecule has 0 aliphatic heterocycles. The van der Waals surface area contributed by atoms with Crippen LogP contribution in [0.1, 0.15) is 23.2 Å². The van der Waals surface area contributed by atoms with Crippen molar-refractivity contribution in [2.45, 2.75) is 31.1 Å². The minimum absolute atomic E-state index is 0.00449. The van der Waals surface area contributed by atoms with Crippen LogP contribution in [0.15, 0.2) is 28.5 Å². The van der Waals surface area contributed by atoms with Crippen molar-refractivity contribution in [2.75, 3.05) is 11.1 Å². The van der Waals surface area contributed by atoms with Gasteiger partial charge in [0.2, 0.25) is 5.91 Å². The highest BCUT2D eigenvalue weighted by Crippen LogP contribution is 2.27. The summed E-state index contributed by atoms with van der Waals surface area (Å²) in [4.78, 5) is 17.3. The molecule has 1 heterocycles. The Morgan fingerprint density at radius 1 is 1.40 bits per heavy atom. The average Bonchev–Trinajstić information content (AvgIpc) is 3.04. The zero-order valence-corrected chi connectivity index (χ0v) is 12.9. The van der Waals surface area contributed by atoms with Crippen LogP contribution in [0.2, 0.25) is 0 Å². The van der Waals surface area contributed by atoms with Crippen LogP contribution < -0.4 is 5.32 Å². The smallest absolute Gasteiger partial charge is 0.236 e. The van der Waals surface area contributed by atoms with Crippen molar-refractivity contribution in [3.8, 4) is 0 Å². The minimum Gasteiger partial charge on any atom is -0.301 e. The van der Waals surface area contributed by atoms with E-state index in [-0.39, 0.29) is 5.91 Å². The van der Waals surface area contributed by atoms with Gasteiger partial charge in [0.05, 0.1) is 11.4 Å². The van der Waals surface area contributed by atoms with Crippen LogP contribution in [-0.4, -0.2) is 16.6 Å². The molecule has 1 aromatic heterocycles. The summed E-state index contributed by atoms with van der Waals surface area (Å²) in [5, 5.41) is 5.45. The SMILES string of the molecule is Cc1csc(NC(=O)CSc2ccc3c(c2)CCC3)n1. The summed E-state index contributed by atoms with van der Waals surface area (Å²) < 4.78 is 0. The fourth-order valence-electron chi connectivity index (χ4n) is 2.35. The van der Waals surface area contributed by atoms with Gasteiger partial charge in [-0.25, -0.2) is 4.98 Å². The maximum absolute atomic E-state index is 11.9. The number of rotatable bonds is 4. The molecule has 2 aromatic rings. The standard InChI is InChI=1S/C15H16N2OS2/c1-10-8-20-15(16-10)17-14(18)9-19-13-6-5-11-3-2-4-12(11)7-13/h5-8H,2-4,9H2,1H3,(H,16,17,18). The van der Waals surface area contributed by atoms with E-state index in [1.807, 2.05) is 12.3 Å². The molecule has 20 heavy (non-hydrogen) atoms. The molecule has 1 N–H and O–H groups in total. The molecule has 1 amide bonds. The van der Waals surface area contributed by atoms with Crippen molar-refractivity contribution < 1.29 is 4.79 Å². The Morgan fingerprint density at radius 2 is 2.25 bits per heavy atom. The Bertz CT molecular complexity index is 637. The molecule has 104 valence electrons. The molecule has 1 aromatic carbocycles. The number of thioether (sulfide) groups is 1. The molecule has 0 saturated heterocycles. The van der Waals surface area contributed by atoms with Gasteiger partial charge in [-0.2, -0.15) is 0 Å². The Kier molecular flexibility index (Phi) is 4.08. The third kappa shape index (κ3) is 3.22. The summed E-state index contributed by atoms with van der Waals surface area (Å²) in [6.45, 7) is 1.92. The molecule has 0 spiro atoms. The Labute approximate surface area is 126 Å². The third-order valence-corrected chi connectivity index (χ3v) is 5.17. The Hall–Kier alpha value is -1.33. The largest absolute Gasteiger partial charge is 0.301 e. The molecule has 0 bridgehead atoms. The third-order valence-electron chi connectivity index (χ3n) is 3.31. The Morgan fingerprint density at radius 3 is 3.05 bits per heavy atom. The van der Waals surface area contributed by atoms with Gasteiger partial charge in [0.15, 0.2) is 5.13 Å². The number of amides is 1. The number of nitrogens with zero attached hydrogens (tertiary/aromatic N) is 1. The van der Waals surface area contributed by atoms with Crippen LogP contribution in [0.4, 0.5) is 5.13 Å². The van der Waals surface area contributed by atoms with Crippen LogP contribution in [0.25, 0.3) is 0 Å². The number of carbonyl (C=O) groups excluding carboxylic acids is 1. The normalized spacial score (nSPS) is 13.2. The summed E-state index contributed by atoms with van der Waals surface area (Å²) >= 11 is 3.05. The van der Waals surface area contributed by atoms with E-state index in [4.69, 9.17) is 0 Å². The van der Waals surface area contributed by atoms with E-state index in [9.17, 15) is 4.79 Å². The van der Waals surface area contributed by atoms with E-state index in [0.717, 1.165) is 5.69 Å². The monoisotopic (exact) mass is 304 g/mol. The predicted molar refractivity (Wildman–Crippen MR) is 84.7 cm³/mol. The molecule has 0 atom stereocenters. The summed E-state index contributed by atoms with van der Waals surface area (Å²) in [5.74, 6) is 0.432. The predicted octanol–water partition coefficient (Wildman–Crippen LogP) is 3.67. The molecule has 3 rings (SSSR count). The second-order valence-electron chi connectivity index (χ2n) is 4.91.